The third-order valence-corrected chi connectivity index (χ3v) is 8.04. The van der Waals surface area contributed by atoms with Gasteiger partial charge in [0.15, 0.2) is 0 Å². The van der Waals surface area contributed by atoms with Crippen molar-refractivity contribution in [3.63, 3.8) is 0 Å². The zero-order valence-corrected chi connectivity index (χ0v) is 16.0. The van der Waals surface area contributed by atoms with E-state index in [1.807, 2.05) is 13.8 Å². The second kappa shape index (κ2) is 6.38. The van der Waals surface area contributed by atoms with Gasteiger partial charge < -0.3 is 5.73 Å². The number of aryl methyl sites for hydroxylation is 1. The van der Waals surface area contributed by atoms with E-state index in [0.717, 1.165) is 0 Å². The van der Waals surface area contributed by atoms with Gasteiger partial charge in [0, 0.05) is 19.1 Å². The van der Waals surface area contributed by atoms with Crippen molar-refractivity contribution in [1.29, 1.82) is 0 Å². The van der Waals surface area contributed by atoms with Crippen LogP contribution in [0.3, 0.4) is 0 Å². The minimum Gasteiger partial charge on any atom is -0.327 e. The summed E-state index contributed by atoms with van der Waals surface area (Å²) in [6.07, 6.45) is 0.595. The summed E-state index contributed by atoms with van der Waals surface area (Å²) in [5.74, 6) is 0. The first-order valence-electron chi connectivity index (χ1n) is 7.72. The van der Waals surface area contributed by atoms with E-state index >= 15 is 0 Å². The number of nitrogens with one attached hydrogen (secondary N) is 1. The first-order valence-corrected chi connectivity index (χ1v) is 10.6. The Kier molecular flexibility index (Phi) is 5.14. The molecule has 3 N–H and O–H groups in total. The van der Waals surface area contributed by atoms with E-state index in [4.69, 9.17) is 5.73 Å². The highest BCUT2D eigenvalue weighted by molar-refractivity contribution is 7.89. The molecule has 136 valence electrons. The van der Waals surface area contributed by atoms with Crippen molar-refractivity contribution < 1.29 is 16.8 Å². The molecule has 0 spiro atoms. The quantitative estimate of drug-likeness (QED) is 0.803. The summed E-state index contributed by atoms with van der Waals surface area (Å²) in [6, 6.07) is 4.03. The van der Waals surface area contributed by atoms with Gasteiger partial charge in [0.1, 0.15) is 0 Å². The number of rotatable bonds is 4. The molecule has 1 heterocycles. The Bertz CT molecular complexity index is 832. The van der Waals surface area contributed by atoms with E-state index in [0.29, 0.717) is 25.1 Å². The number of hydrogen-bond acceptors (Lipinski definition) is 5. The van der Waals surface area contributed by atoms with Gasteiger partial charge in [-0.1, -0.05) is 13.8 Å². The van der Waals surface area contributed by atoms with Crippen molar-refractivity contribution >= 4 is 20.0 Å². The van der Waals surface area contributed by atoms with Crippen LogP contribution < -0.4 is 10.5 Å². The molecule has 1 fully saturated rings. The van der Waals surface area contributed by atoms with Crippen LogP contribution in [0, 0.1) is 12.3 Å². The summed E-state index contributed by atoms with van der Waals surface area (Å²) in [6.45, 7) is 6.19. The molecule has 2 rings (SSSR count). The van der Waals surface area contributed by atoms with Crippen LogP contribution in [0.2, 0.25) is 0 Å². The fourth-order valence-corrected chi connectivity index (χ4v) is 5.53. The molecule has 0 amide bonds. The molecule has 1 aliphatic rings. The molecule has 0 radical (unpaired) electrons. The predicted octanol–water partition coefficient (Wildman–Crippen LogP) is 0.651. The average Bonchev–Trinajstić information content (AvgIpc) is 2.49. The first-order chi connectivity index (χ1) is 10.9. The van der Waals surface area contributed by atoms with Crippen molar-refractivity contribution in [2.45, 2.75) is 43.0 Å². The third kappa shape index (κ3) is 3.50. The Morgan fingerprint density at radius 3 is 2.38 bits per heavy atom. The molecule has 0 bridgehead atoms. The Balaban J connectivity index is 2.39. The van der Waals surface area contributed by atoms with Gasteiger partial charge in [0.05, 0.1) is 9.79 Å². The number of nitrogens with two attached hydrogens (primary N) is 1. The van der Waals surface area contributed by atoms with Crippen LogP contribution in [0.4, 0.5) is 0 Å². The molecule has 9 heteroatoms. The highest BCUT2D eigenvalue weighted by Crippen LogP contribution is 2.32. The fourth-order valence-electron chi connectivity index (χ4n) is 2.87. The normalized spacial score (nSPS) is 22.5. The van der Waals surface area contributed by atoms with Crippen molar-refractivity contribution in [2.75, 3.05) is 20.1 Å². The number of benzene rings is 1. The standard InChI is InChI=1S/C15H25N3O4S2/c1-11-9-12(5-6-13(11)23(19,20)17-4)24(21,22)18-8-7-14(16)15(2,3)10-18/h5-6,9,14,17H,7-8,10,16H2,1-4H3. The summed E-state index contributed by atoms with van der Waals surface area (Å²) in [4.78, 5) is 0.172. The van der Waals surface area contributed by atoms with Gasteiger partial charge in [-0.15, -0.1) is 0 Å². The lowest BCUT2D eigenvalue weighted by atomic mass is 9.81. The monoisotopic (exact) mass is 375 g/mol. The Hall–Kier alpha value is -1.00. The van der Waals surface area contributed by atoms with Crippen molar-refractivity contribution in [2.24, 2.45) is 11.1 Å². The van der Waals surface area contributed by atoms with Crippen LogP contribution in [-0.2, 0) is 20.0 Å². The van der Waals surface area contributed by atoms with Crippen LogP contribution in [0.25, 0.3) is 0 Å². The molecule has 0 saturated carbocycles. The second-order valence-corrected chi connectivity index (χ2v) is 10.7. The number of hydrogen-bond donors (Lipinski definition) is 2. The lowest BCUT2D eigenvalue weighted by molar-refractivity contribution is 0.155. The minimum absolute atomic E-state index is 0.0474. The van der Waals surface area contributed by atoms with E-state index in [2.05, 4.69) is 4.72 Å². The molecule has 24 heavy (non-hydrogen) atoms. The molecule has 1 aromatic rings. The van der Waals surface area contributed by atoms with Crippen LogP contribution in [0.15, 0.2) is 28.0 Å². The van der Waals surface area contributed by atoms with Gasteiger partial charge in [-0.25, -0.2) is 21.6 Å². The second-order valence-electron chi connectivity index (χ2n) is 6.86. The zero-order chi connectivity index (χ0) is 18.3. The largest absolute Gasteiger partial charge is 0.327 e. The van der Waals surface area contributed by atoms with Crippen molar-refractivity contribution in [1.82, 2.24) is 9.03 Å². The zero-order valence-electron chi connectivity index (χ0n) is 14.4. The summed E-state index contributed by atoms with van der Waals surface area (Å²) >= 11 is 0. The maximum absolute atomic E-state index is 12.9. The molecule has 0 aromatic heterocycles. The third-order valence-electron chi connectivity index (χ3n) is 4.62. The van der Waals surface area contributed by atoms with Gasteiger partial charge in [-0.2, -0.15) is 4.31 Å². The summed E-state index contributed by atoms with van der Waals surface area (Å²) in [5.41, 5.74) is 6.15. The number of sulfonamides is 2. The topological polar surface area (TPSA) is 110 Å². The van der Waals surface area contributed by atoms with E-state index in [1.54, 1.807) is 6.92 Å². The van der Waals surface area contributed by atoms with Crippen LogP contribution in [0.1, 0.15) is 25.8 Å². The molecule has 1 aliphatic heterocycles. The van der Waals surface area contributed by atoms with Gasteiger partial charge >= 0.3 is 0 Å². The molecule has 1 aromatic carbocycles. The highest BCUT2D eigenvalue weighted by atomic mass is 32.2. The van der Waals surface area contributed by atoms with Crippen LogP contribution in [-0.4, -0.2) is 47.3 Å². The van der Waals surface area contributed by atoms with Gasteiger partial charge in [0.25, 0.3) is 0 Å². The van der Waals surface area contributed by atoms with Gasteiger partial charge in [0.2, 0.25) is 20.0 Å². The Morgan fingerprint density at radius 2 is 1.88 bits per heavy atom. The maximum Gasteiger partial charge on any atom is 0.243 e. The van der Waals surface area contributed by atoms with Gasteiger partial charge in [-0.05, 0) is 49.6 Å². The predicted molar refractivity (Wildman–Crippen MR) is 92.6 cm³/mol. The molecule has 7 nitrogen and oxygen atoms in total. The first kappa shape index (κ1) is 19.3. The van der Waals surface area contributed by atoms with Crippen LogP contribution in [0.5, 0.6) is 0 Å². The van der Waals surface area contributed by atoms with Crippen LogP contribution >= 0.6 is 0 Å². The van der Waals surface area contributed by atoms with E-state index in [9.17, 15) is 16.8 Å². The molecule has 1 unspecified atom stereocenters. The molecule has 0 aliphatic carbocycles. The van der Waals surface area contributed by atoms with Gasteiger partial charge in [-0.3, -0.25) is 0 Å². The summed E-state index contributed by atoms with van der Waals surface area (Å²) in [7, 11) is -5.98. The number of piperidine rings is 1. The van der Waals surface area contributed by atoms with Crippen molar-refractivity contribution in [3.05, 3.63) is 23.8 Å². The molecule has 1 atom stereocenters. The Labute approximate surface area is 144 Å². The van der Waals surface area contributed by atoms with E-state index in [1.165, 1.54) is 29.6 Å². The minimum atomic E-state index is -3.69. The van der Waals surface area contributed by atoms with Crippen molar-refractivity contribution in [3.8, 4) is 0 Å². The highest BCUT2D eigenvalue weighted by Gasteiger charge is 2.39. The SMILES string of the molecule is CNS(=O)(=O)c1ccc(S(=O)(=O)N2CCC(N)C(C)(C)C2)cc1C. The van der Waals surface area contributed by atoms with E-state index in [-0.39, 0.29) is 21.2 Å². The number of nitrogens with zero attached hydrogens (tertiary/aromatic N) is 1. The molecular weight excluding hydrogens is 350 g/mol. The average molecular weight is 376 g/mol. The summed E-state index contributed by atoms with van der Waals surface area (Å²) in [5, 5.41) is 0. The Morgan fingerprint density at radius 1 is 1.25 bits per heavy atom. The maximum atomic E-state index is 12.9. The molecule has 1 saturated heterocycles. The fraction of sp³-hybridized carbons (Fsp3) is 0.600. The summed E-state index contributed by atoms with van der Waals surface area (Å²) < 4.78 is 53.3. The smallest absolute Gasteiger partial charge is 0.243 e. The lowest BCUT2D eigenvalue weighted by Gasteiger charge is -2.41. The lowest BCUT2D eigenvalue weighted by Crippen LogP contribution is -2.53. The van der Waals surface area contributed by atoms with E-state index < -0.39 is 20.0 Å². The molecular formula is C15H25N3O4S2.